The molecule has 0 saturated heterocycles. The summed E-state index contributed by atoms with van der Waals surface area (Å²) in [5.41, 5.74) is 1.17. The zero-order chi connectivity index (χ0) is 10.7. The molecule has 14 heavy (non-hydrogen) atoms. The van der Waals surface area contributed by atoms with E-state index in [0.29, 0.717) is 0 Å². The maximum atomic E-state index is 10.8. The van der Waals surface area contributed by atoms with Crippen LogP contribution in [0.1, 0.15) is 25.5 Å². The van der Waals surface area contributed by atoms with Gasteiger partial charge in [0.1, 0.15) is 6.04 Å². The second kappa shape index (κ2) is 4.57. The van der Waals surface area contributed by atoms with Crippen molar-refractivity contribution in [3.8, 4) is 0 Å². The van der Waals surface area contributed by atoms with E-state index in [-0.39, 0.29) is 6.04 Å². The fourth-order valence-corrected chi connectivity index (χ4v) is 2.00. The highest BCUT2D eigenvalue weighted by Crippen LogP contribution is 2.22. The molecule has 1 heterocycles. The minimum atomic E-state index is -0.783. The summed E-state index contributed by atoms with van der Waals surface area (Å²) >= 11 is 1.63. The van der Waals surface area contributed by atoms with Crippen LogP contribution in [-0.4, -0.2) is 29.1 Å². The lowest BCUT2D eigenvalue weighted by Crippen LogP contribution is -2.37. The molecule has 4 heteroatoms. The van der Waals surface area contributed by atoms with Crippen LogP contribution in [0, 0.1) is 0 Å². The number of nitrogens with zero attached hydrogens (tertiary/aromatic N) is 1. The Morgan fingerprint density at radius 3 is 2.64 bits per heavy atom. The fourth-order valence-electron chi connectivity index (χ4n) is 1.26. The van der Waals surface area contributed by atoms with Crippen molar-refractivity contribution >= 4 is 17.3 Å². The van der Waals surface area contributed by atoms with Crippen LogP contribution in [0.15, 0.2) is 16.8 Å². The van der Waals surface area contributed by atoms with Gasteiger partial charge in [-0.15, -0.1) is 0 Å². The molecule has 0 saturated carbocycles. The zero-order valence-corrected chi connectivity index (χ0v) is 9.41. The summed E-state index contributed by atoms with van der Waals surface area (Å²) in [6.07, 6.45) is 0. The van der Waals surface area contributed by atoms with Gasteiger partial charge in [-0.2, -0.15) is 11.3 Å². The Hall–Kier alpha value is -0.870. The minimum Gasteiger partial charge on any atom is -0.480 e. The lowest BCUT2D eigenvalue weighted by Gasteiger charge is -2.27. The summed E-state index contributed by atoms with van der Waals surface area (Å²) in [5.74, 6) is -0.783. The van der Waals surface area contributed by atoms with Gasteiger partial charge in [0.2, 0.25) is 0 Å². The number of carboxylic acid groups (broad SMARTS) is 1. The predicted octanol–water partition coefficient (Wildman–Crippen LogP) is 2.21. The summed E-state index contributed by atoms with van der Waals surface area (Å²) in [4.78, 5) is 12.6. The number of aliphatic carboxylic acids is 1. The first-order chi connectivity index (χ1) is 6.54. The Balaban J connectivity index is 2.70. The number of carboxylic acids is 1. The van der Waals surface area contributed by atoms with E-state index in [2.05, 4.69) is 5.38 Å². The molecule has 0 aliphatic carbocycles. The number of likely N-dealkylation sites (N-methyl/N-ethyl adjacent to an activating group) is 1. The first-order valence-corrected chi connectivity index (χ1v) is 5.45. The second-order valence-electron chi connectivity index (χ2n) is 3.41. The summed E-state index contributed by atoms with van der Waals surface area (Å²) < 4.78 is 0. The summed E-state index contributed by atoms with van der Waals surface area (Å²) in [6, 6.07) is 1.72. The molecule has 1 rings (SSSR count). The average Bonchev–Trinajstić information content (AvgIpc) is 2.67. The first kappa shape index (κ1) is 11.2. The standard InChI is InChI=1S/C10H15NO2S/c1-7(9-4-5-14-6-9)11(3)8(2)10(12)13/h4-8H,1-3H3,(H,12,13). The molecule has 2 atom stereocenters. The van der Waals surface area contributed by atoms with Crippen LogP contribution in [0.3, 0.4) is 0 Å². The van der Waals surface area contributed by atoms with E-state index in [9.17, 15) is 4.79 Å². The number of hydrogen-bond donors (Lipinski definition) is 1. The molecule has 0 radical (unpaired) electrons. The normalized spacial score (nSPS) is 15.4. The van der Waals surface area contributed by atoms with E-state index >= 15 is 0 Å². The van der Waals surface area contributed by atoms with Crippen LogP contribution >= 0.6 is 11.3 Å². The van der Waals surface area contributed by atoms with Crippen molar-refractivity contribution < 1.29 is 9.90 Å². The summed E-state index contributed by atoms with van der Waals surface area (Å²) in [7, 11) is 1.83. The van der Waals surface area contributed by atoms with Crippen molar-refractivity contribution in [1.82, 2.24) is 4.90 Å². The molecule has 1 N–H and O–H groups in total. The molecule has 0 amide bonds. The molecular weight excluding hydrogens is 198 g/mol. The third kappa shape index (κ3) is 2.33. The van der Waals surface area contributed by atoms with Crippen molar-refractivity contribution in [3.05, 3.63) is 22.4 Å². The van der Waals surface area contributed by atoms with E-state index in [4.69, 9.17) is 5.11 Å². The Bertz CT molecular complexity index is 297. The highest BCUT2D eigenvalue weighted by atomic mass is 32.1. The van der Waals surface area contributed by atoms with E-state index < -0.39 is 12.0 Å². The largest absolute Gasteiger partial charge is 0.480 e. The molecule has 0 bridgehead atoms. The Kier molecular flexibility index (Phi) is 3.66. The number of carbonyl (C=O) groups is 1. The Morgan fingerprint density at radius 2 is 2.21 bits per heavy atom. The molecule has 1 aromatic heterocycles. The lowest BCUT2D eigenvalue weighted by molar-refractivity contribution is -0.142. The highest BCUT2D eigenvalue weighted by Gasteiger charge is 2.22. The van der Waals surface area contributed by atoms with E-state index in [1.165, 1.54) is 5.56 Å². The van der Waals surface area contributed by atoms with E-state index in [1.807, 2.05) is 30.3 Å². The van der Waals surface area contributed by atoms with Gasteiger partial charge in [-0.3, -0.25) is 9.69 Å². The van der Waals surface area contributed by atoms with Crippen LogP contribution in [0.4, 0.5) is 0 Å². The Morgan fingerprint density at radius 1 is 1.57 bits per heavy atom. The third-order valence-electron chi connectivity index (χ3n) is 2.60. The van der Waals surface area contributed by atoms with Gasteiger partial charge in [0, 0.05) is 6.04 Å². The topological polar surface area (TPSA) is 40.5 Å². The van der Waals surface area contributed by atoms with Crippen molar-refractivity contribution in [2.24, 2.45) is 0 Å². The van der Waals surface area contributed by atoms with Crippen molar-refractivity contribution in [3.63, 3.8) is 0 Å². The summed E-state index contributed by atoms with van der Waals surface area (Å²) in [5, 5.41) is 12.9. The average molecular weight is 213 g/mol. The smallest absolute Gasteiger partial charge is 0.320 e. The molecule has 0 aromatic carbocycles. The first-order valence-electron chi connectivity index (χ1n) is 4.51. The van der Waals surface area contributed by atoms with Gasteiger partial charge in [0.05, 0.1) is 0 Å². The van der Waals surface area contributed by atoms with Gasteiger partial charge in [-0.1, -0.05) is 0 Å². The summed E-state index contributed by atoms with van der Waals surface area (Å²) in [6.45, 7) is 3.71. The second-order valence-corrected chi connectivity index (χ2v) is 4.19. The van der Waals surface area contributed by atoms with Gasteiger partial charge < -0.3 is 5.11 Å². The predicted molar refractivity (Wildman–Crippen MR) is 57.6 cm³/mol. The highest BCUT2D eigenvalue weighted by molar-refractivity contribution is 7.07. The lowest BCUT2D eigenvalue weighted by atomic mass is 10.1. The van der Waals surface area contributed by atoms with Crippen molar-refractivity contribution in [1.29, 1.82) is 0 Å². The molecular formula is C10H15NO2S. The van der Waals surface area contributed by atoms with Crippen LogP contribution in [0.25, 0.3) is 0 Å². The molecule has 1 aromatic rings. The molecule has 0 spiro atoms. The number of hydrogen-bond acceptors (Lipinski definition) is 3. The maximum absolute atomic E-state index is 10.8. The Labute approximate surface area is 88.0 Å². The number of rotatable bonds is 4. The van der Waals surface area contributed by atoms with Gasteiger partial charge >= 0.3 is 5.97 Å². The van der Waals surface area contributed by atoms with Gasteiger partial charge in [-0.25, -0.2) is 0 Å². The van der Waals surface area contributed by atoms with Crippen LogP contribution in [0.5, 0.6) is 0 Å². The SMILES string of the molecule is CC(C(=O)O)N(C)C(C)c1ccsc1. The van der Waals surface area contributed by atoms with Crippen molar-refractivity contribution in [2.75, 3.05) is 7.05 Å². The molecule has 3 nitrogen and oxygen atoms in total. The van der Waals surface area contributed by atoms with Crippen molar-refractivity contribution in [2.45, 2.75) is 25.9 Å². The zero-order valence-electron chi connectivity index (χ0n) is 8.60. The fraction of sp³-hybridized carbons (Fsp3) is 0.500. The monoisotopic (exact) mass is 213 g/mol. The van der Waals surface area contributed by atoms with Crippen LogP contribution in [0.2, 0.25) is 0 Å². The maximum Gasteiger partial charge on any atom is 0.320 e. The molecule has 0 aliphatic heterocycles. The quantitative estimate of drug-likeness (QED) is 0.833. The van der Waals surface area contributed by atoms with E-state index in [0.717, 1.165) is 0 Å². The molecule has 2 unspecified atom stereocenters. The third-order valence-corrected chi connectivity index (χ3v) is 3.31. The van der Waals surface area contributed by atoms with E-state index in [1.54, 1.807) is 18.3 Å². The molecule has 0 fully saturated rings. The molecule has 0 aliphatic rings. The van der Waals surface area contributed by atoms with Crippen LogP contribution in [-0.2, 0) is 4.79 Å². The van der Waals surface area contributed by atoms with Gasteiger partial charge in [0.25, 0.3) is 0 Å². The molecule has 78 valence electrons. The van der Waals surface area contributed by atoms with Crippen LogP contribution < -0.4 is 0 Å². The number of thiophene rings is 1. The minimum absolute atomic E-state index is 0.146. The van der Waals surface area contributed by atoms with Gasteiger partial charge in [-0.05, 0) is 43.3 Å². The van der Waals surface area contributed by atoms with Gasteiger partial charge in [0.15, 0.2) is 0 Å².